The lowest BCUT2D eigenvalue weighted by atomic mass is 10.0. The van der Waals surface area contributed by atoms with E-state index in [1.54, 1.807) is 4.74 Å². The van der Waals surface area contributed by atoms with E-state index < -0.39 is 60.6 Å². The number of hydrogen-bond donors (Lipinski definition) is 0. The molecule has 0 aliphatic heterocycles. The molecule has 0 radical (unpaired) electrons. The Hall–Kier alpha value is -1.44. The molecule has 0 aromatic heterocycles. The van der Waals surface area contributed by atoms with Crippen molar-refractivity contribution in [2.75, 3.05) is 0 Å². The van der Waals surface area contributed by atoms with Crippen molar-refractivity contribution >= 4 is 0 Å². The summed E-state index contributed by atoms with van der Waals surface area (Å²) in [5.41, 5.74) is 0. The number of alkyl halides is 20. The van der Waals surface area contributed by atoms with Crippen molar-refractivity contribution in [1.82, 2.24) is 0 Å². The van der Waals surface area contributed by atoms with Gasteiger partial charge in [-0.25, -0.2) is 8.78 Å². The molecular weight excluding hydrogens is 516 g/mol. The van der Waals surface area contributed by atoms with Crippen LogP contribution in [0.3, 0.4) is 0 Å². The zero-order valence-corrected chi connectivity index (χ0v) is 13.1. The maximum absolute atomic E-state index is 12.9. The van der Waals surface area contributed by atoms with Gasteiger partial charge < -0.3 is 4.74 Å². The Balaban J connectivity index is 6.06. The Morgan fingerprint density at radius 2 is 0.548 bits per heavy atom. The van der Waals surface area contributed by atoms with Crippen LogP contribution in [0.25, 0.3) is 0 Å². The highest BCUT2D eigenvalue weighted by atomic mass is 19.4. The van der Waals surface area contributed by atoms with E-state index >= 15 is 0 Å². The van der Waals surface area contributed by atoms with Crippen LogP contribution in [0.5, 0.6) is 0 Å². The van der Waals surface area contributed by atoms with E-state index in [4.69, 9.17) is 0 Å². The highest BCUT2D eigenvalue weighted by Crippen LogP contribution is 2.57. The number of rotatable bonds is 8. The van der Waals surface area contributed by atoms with Gasteiger partial charge in [0.1, 0.15) is 0 Å². The summed E-state index contributed by atoms with van der Waals surface area (Å²) in [5, 5.41) is 0. The van der Waals surface area contributed by atoms with Crippen molar-refractivity contribution < 1.29 is 92.5 Å². The van der Waals surface area contributed by atoms with E-state index in [0.29, 0.717) is 0 Å². The first-order chi connectivity index (χ1) is 13.0. The maximum atomic E-state index is 12.9. The smallest absolute Gasteiger partial charge is 0.303 e. The molecule has 188 valence electrons. The Kier molecular flexibility index (Phi) is 7.21. The molecule has 0 aliphatic carbocycles. The standard InChI is InChI=1S/C10H2F20O/c11-1(3(13,14)5(17,18)7(21,22)9(25,26)27)31-2(12)4(15,16)6(19,20)8(23,24)10(28,29)30/h1-2H. The van der Waals surface area contributed by atoms with Crippen LogP contribution in [0.4, 0.5) is 87.8 Å². The van der Waals surface area contributed by atoms with Crippen LogP contribution in [0.1, 0.15) is 0 Å². The third-order valence-corrected chi connectivity index (χ3v) is 3.15. The van der Waals surface area contributed by atoms with Gasteiger partial charge >= 0.3 is 47.9 Å². The Labute approximate surface area is 154 Å². The minimum absolute atomic E-state index is 1.77. The molecule has 0 aliphatic rings. The summed E-state index contributed by atoms with van der Waals surface area (Å²) < 4.78 is 251. The Bertz CT molecular complexity index is 573. The molecule has 0 saturated heterocycles. The van der Waals surface area contributed by atoms with E-state index in [9.17, 15) is 87.8 Å². The molecule has 0 saturated carbocycles. The zero-order valence-electron chi connectivity index (χ0n) is 13.1. The average Bonchev–Trinajstić information content (AvgIpc) is 2.51. The topological polar surface area (TPSA) is 9.23 Å². The highest BCUT2D eigenvalue weighted by molar-refractivity contribution is 5.04. The van der Waals surface area contributed by atoms with Crippen LogP contribution in [-0.4, -0.2) is 60.6 Å². The molecule has 2 atom stereocenters. The number of ether oxygens (including phenoxy) is 1. The molecule has 0 N–H and O–H groups in total. The summed E-state index contributed by atoms with van der Waals surface area (Å²) in [6, 6.07) is 0. The number of hydrogen-bond acceptors (Lipinski definition) is 1. The van der Waals surface area contributed by atoms with Crippen LogP contribution in [0, 0.1) is 0 Å². The summed E-state index contributed by atoms with van der Waals surface area (Å²) in [5.74, 6) is -47.2. The molecule has 0 heterocycles. The predicted molar refractivity (Wildman–Crippen MR) is 52.7 cm³/mol. The molecule has 0 aromatic carbocycles. The zero-order chi connectivity index (χ0) is 25.9. The third-order valence-electron chi connectivity index (χ3n) is 3.15. The molecule has 0 amide bonds. The maximum Gasteiger partial charge on any atom is 0.460 e. The lowest BCUT2D eigenvalue weighted by Gasteiger charge is -2.37. The summed E-state index contributed by atoms with van der Waals surface area (Å²) in [4.78, 5) is 0. The summed E-state index contributed by atoms with van der Waals surface area (Å²) in [7, 11) is 0. The van der Waals surface area contributed by atoms with Gasteiger partial charge in [0.15, 0.2) is 0 Å². The van der Waals surface area contributed by atoms with E-state index in [1.165, 1.54) is 0 Å². The van der Waals surface area contributed by atoms with Gasteiger partial charge in [0.05, 0.1) is 0 Å². The molecule has 0 rings (SSSR count). The van der Waals surface area contributed by atoms with Crippen LogP contribution in [0.15, 0.2) is 0 Å². The summed E-state index contributed by atoms with van der Waals surface area (Å²) >= 11 is 0. The van der Waals surface area contributed by atoms with E-state index in [2.05, 4.69) is 0 Å². The van der Waals surface area contributed by atoms with E-state index in [-0.39, 0.29) is 0 Å². The summed E-state index contributed by atoms with van der Waals surface area (Å²) in [6.07, 6.45) is -27.5. The van der Waals surface area contributed by atoms with Gasteiger partial charge in [0.2, 0.25) is 0 Å². The normalized spacial score (nSPS) is 18.2. The van der Waals surface area contributed by atoms with Crippen molar-refractivity contribution in [2.45, 2.75) is 60.6 Å². The van der Waals surface area contributed by atoms with Crippen molar-refractivity contribution in [2.24, 2.45) is 0 Å². The Morgan fingerprint density at radius 3 is 0.710 bits per heavy atom. The lowest BCUT2D eigenvalue weighted by Crippen LogP contribution is -2.66. The fourth-order valence-corrected chi connectivity index (χ4v) is 1.34. The second-order valence-corrected chi connectivity index (χ2v) is 5.31. The number of halogens is 20. The van der Waals surface area contributed by atoms with Gasteiger partial charge in [-0.15, -0.1) is 0 Å². The van der Waals surface area contributed by atoms with Crippen LogP contribution in [-0.2, 0) is 4.74 Å². The molecule has 31 heavy (non-hydrogen) atoms. The Morgan fingerprint density at radius 1 is 0.355 bits per heavy atom. The molecule has 2 unspecified atom stereocenters. The van der Waals surface area contributed by atoms with Crippen molar-refractivity contribution in [3.8, 4) is 0 Å². The molecule has 1 nitrogen and oxygen atoms in total. The molecule has 0 aromatic rings. The molecular formula is C10H2F20O. The first kappa shape index (κ1) is 29.6. The van der Waals surface area contributed by atoms with Crippen molar-refractivity contribution in [3.05, 3.63) is 0 Å². The van der Waals surface area contributed by atoms with E-state index in [0.717, 1.165) is 0 Å². The fraction of sp³-hybridized carbons (Fsp3) is 1.00. The van der Waals surface area contributed by atoms with Gasteiger partial charge in [-0.2, -0.15) is 79.0 Å². The van der Waals surface area contributed by atoms with Crippen LogP contribution in [0.2, 0.25) is 0 Å². The second kappa shape index (κ2) is 7.56. The van der Waals surface area contributed by atoms with E-state index in [1.807, 2.05) is 0 Å². The van der Waals surface area contributed by atoms with Crippen molar-refractivity contribution in [1.29, 1.82) is 0 Å². The molecule has 0 bridgehead atoms. The monoisotopic (exact) mass is 518 g/mol. The van der Waals surface area contributed by atoms with Crippen molar-refractivity contribution in [3.63, 3.8) is 0 Å². The second-order valence-electron chi connectivity index (χ2n) is 5.31. The van der Waals surface area contributed by atoms with Gasteiger partial charge in [0, 0.05) is 0 Å². The largest absolute Gasteiger partial charge is 0.460 e. The van der Waals surface area contributed by atoms with Gasteiger partial charge in [0.25, 0.3) is 12.7 Å². The third kappa shape index (κ3) is 4.29. The average molecular weight is 518 g/mol. The fourth-order valence-electron chi connectivity index (χ4n) is 1.34. The summed E-state index contributed by atoms with van der Waals surface area (Å²) in [6.45, 7) is 0. The highest BCUT2D eigenvalue weighted by Gasteiger charge is 2.86. The lowest BCUT2D eigenvalue weighted by molar-refractivity contribution is -0.439. The SMILES string of the molecule is FC(OC(F)C(F)(F)C(F)(F)C(F)(F)C(F)(F)F)C(F)(F)C(F)(F)C(F)(F)C(F)(F)F. The van der Waals surface area contributed by atoms with Crippen LogP contribution < -0.4 is 0 Å². The molecule has 0 fully saturated rings. The first-order valence-corrected chi connectivity index (χ1v) is 6.39. The quantitative estimate of drug-likeness (QED) is 0.333. The minimum atomic E-state index is -8.01. The molecule has 21 heteroatoms. The first-order valence-electron chi connectivity index (χ1n) is 6.39. The predicted octanol–water partition coefficient (Wildman–Crippen LogP) is 6.53. The van der Waals surface area contributed by atoms with Crippen LogP contribution >= 0.6 is 0 Å². The minimum Gasteiger partial charge on any atom is -0.303 e. The van der Waals surface area contributed by atoms with Gasteiger partial charge in [-0.05, 0) is 0 Å². The molecule has 0 spiro atoms. The van der Waals surface area contributed by atoms with Gasteiger partial charge in [-0.3, -0.25) is 0 Å². The van der Waals surface area contributed by atoms with Gasteiger partial charge in [-0.1, -0.05) is 0 Å².